The van der Waals surface area contributed by atoms with Crippen molar-refractivity contribution in [3.05, 3.63) is 34.7 Å². The maximum Gasteiger partial charge on any atom is 0.143 e. The van der Waals surface area contributed by atoms with Gasteiger partial charge in [-0.25, -0.2) is 4.39 Å². The number of benzene rings is 1. The quantitative estimate of drug-likeness (QED) is 0.681. The van der Waals surface area contributed by atoms with Gasteiger partial charge in [0.25, 0.3) is 0 Å². The molecule has 0 amide bonds. The van der Waals surface area contributed by atoms with Crippen LogP contribution >= 0.6 is 11.6 Å². The van der Waals surface area contributed by atoms with Crippen LogP contribution in [0.5, 0.6) is 0 Å². The van der Waals surface area contributed by atoms with Crippen molar-refractivity contribution < 1.29 is 4.39 Å². The van der Waals surface area contributed by atoms with E-state index < -0.39 is 0 Å². The van der Waals surface area contributed by atoms with E-state index in [-0.39, 0.29) is 10.8 Å². The van der Waals surface area contributed by atoms with Gasteiger partial charge in [0.1, 0.15) is 5.82 Å². The van der Waals surface area contributed by atoms with E-state index in [0.717, 1.165) is 16.5 Å². The molecule has 0 aliphatic heterocycles. The second-order valence-corrected chi connectivity index (χ2v) is 4.50. The van der Waals surface area contributed by atoms with Crippen molar-refractivity contribution in [2.75, 3.05) is 0 Å². The summed E-state index contributed by atoms with van der Waals surface area (Å²) in [6.07, 6.45) is 2.03. The highest BCUT2D eigenvalue weighted by Gasteiger charge is 2.11. The van der Waals surface area contributed by atoms with Crippen molar-refractivity contribution in [1.29, 1.82) is 0 Å². The van der Waals surface area contributed by atoms with E-state index in [1.807, 2.05) is 13.1 Å². The number of nitrogens with zero attached hydrogens (tertiary/aromatic N) is 1. The lowest BCUT2D eigenvalue weighted by atomic mass is 10.2. The second kappa shape index (κ2) is 3.53. The third-order valence-corrected chi connectivity index (χ3v) is 2.92. The highest BCUT2D eigenvalue weighted by Crippen LogP contribution is 2.28. The van der Waals surface area contributed by atoms with Crippen molar-refractivity contribution in [3.8, 4) is 0 Å². The number of halogens is 2. The van der Waals surface area contributed by atoms with Gasteiger partial charge >= 0.3 is 0 Å². The molecule has 0 atom stereocenters. The van der Waals surface area contributed by atoms with Crippen LogP contribution in [0, 0.1) is 12.7 Å². The van der Waals surface area contributed by atoms with Crippen LogP contribution < -0.4 is 0 Å². The Kier molecular flexibility index (Phi) is 2.47. The summed E-state index contributed by atoms with van der Waals surface area (Å²) in [6.45, 7) is 6.16. The van der Waals surface area contributed by atoms with Gasteiger partial charge in [-0.15, -0.1) is 0 Å². The first-order chi connectivity index (χ1) is 7.00. The molecule has 1 nitrogen and oxygen atoms in total. The molecule has 0 bridgehead atoms. The minimum Gasteiger partial charge on any atom is -0.345 e. The van der Waals surface area contributed by atoms with E-state index in [4.69, 9.17) is 11.6 Å². The van der Waals surface area contributed by atoms with Gasteiger partial charge in [0.2, 0.25) is 0 Å². The van der Waals surface area contributed by atoms with Crippen LogP contribution in [0.25, 0.3) is 10.9 Å². The highest BCUT2D eigenvalue weighted by atomic mass is 35.5. The molecule has 0 saturated heterocycles. The number of fused-ring (bicyclic) bond motifs is 1. The fraction of sp³-hybridized carbons (Fsp3) is 0.333. The fourth-order valence-electron chi connectivity index (χ4n) is 1.84. The zero-order valence-corrected chi connectivity index (χ0v) is 9.77. The average molecular weight is 226 g/mol. The van der Waals surface area contributed by atoms with Gasteiger partial charge in [-0.2, -0.15) is 0 Å². The first-order valence-electron chi connectivity index (χ1n) is 4.97. The zero-order chi connectivity index (χ0) is 11.2. The molecule has 0 unspecified atom stereocenters. The van der Waals surface area contributed by atoms with Crippen molar-refractivity contribution in [3.63, 3.8) is 0 Å². The summed E-state index contributed by atoms with van der Waals surface area (Å²) in [5.41, 5.74) is 2.03. The molecule has 0 aliphatic carbocycles. The summed E-state index contributed by atoms with van der Waals surface area (Å²) in [7, 11) is 0. The molecule has 15 heavy (non-hydrogen) atoms. The molecule has 0 fully saturated rings. The molecule has 0 saturated carbocycles. The predicted octanol–water partition coefficient (Wildman–Crippen LogP) is 4.32. The van der Waals surface area contributed by atoms with Crippen molar-refractivity contribution in [1.82, 2.24) is 4.57 Å². The maximum atomic E-state index is 13.4. The van der Waals surface area contributed by atoms with E-state index in [1.165, 1.54) is 6.07 Å². The highest BCUT2D eigenvalue weighted by molar-refractivity contribution is 6.31. The van der Waals surface area contributed by atoms with Gasteiger partial charge in [0.15, 0.2) is 0 Å². The summed E-state index contributed by atoms with van der Waals surface area (Å²) < 4.78 is 15.4. The normalized spacial score (nSPS) is 11.6. The van der Waals surface area contributed by atoms with Gasteiger partial charge in [-0.1, -0.05) is 11.6 Å². The summed E-state index contributed by atoms with van der Waals surface area (Å²) in [5.74, 6) is -0.357. The lowest BCUT2D eigenvalue weighted by molar-refractivity contribution is 0.611. The summed E-state index contributed by atoms with van der Waals surface area (Å²) in [5, 5.41) is 1.21. The lowest BCUT2D eigenvalue weighted by Crippen LogP contribution is -1.98. The molecule has 0 spiro atoms. The third-order valence-electron chi connectivity index (χ3n) is 2.63. The number of hydrogen-bond acceptors (Lipinski definition) is 0. The van der Waals surface area contributed by atoms with Crippen molar-refractivity contribution in [2.24, 2.45) is 0 Å². The van der Waals surface area contributed by atoms with E-state index in [1.54, 1.807) is 6.07 Å². The van der Waals surface area contributed by atoms with Crippen LogP contribution in [0.2, 0.25) is 5.02 Å². The molecule has 3 heteroatoms. The molecule has 2 aromatic rings. The monoisotopic (exact) mass is 225 g/mol. The van der Waals surface area contributed by atoms with Crippen LogP contribution in [0.1, 0.15) is 25.5 Å². The average Bonchev–Trinajstić information content (AvgIpc) is 2.45. The summed E-state index contributed by atoms with van der Waals surface area (Å²) in [4.78, 5) is 0. The van der Waals surface area contributed by atoms with E-state index >= 15 is 0 Å². The number of aromatic nitrogens is 1. The minimum absolute atomic E-state index is 0.187. The van der Waals surface area contributed by atoms with Crippen LogP contribution in [0.3, 0.4) is 0 Å². The molecule has 1 aromatic heterocycles. The molecule has 0 N–H and O–H groups in total. The number of rotatable bonds is 1. The SMILES string of the molecule is Cc1cn(C(C)C)c2cc(F)c(Cl)cc12. The van der Waals surface area contributed by atoms with E-state index in [2.05, 4.69) is 18.4 Å². The Morgan fingerprint density at radius 2 is 2.00 bits per heavy atom. The molecular weight excluding hydrogens is 213 g/mol. The Balaban J connectivity index is 2.82. The maximum absolute atomic E-state index is 13.4. The predicted molar refractivity (Wildman–Crippen MR) is 62.0 cm³/mol. The minimum atomic E-state index is -0.357. The Morgan fingerprint density at radius 3 is 2.60 bits per heavy atom. The van der Waals surface area contributed by atoms with Gasteiger partial charge in [-0.05, 0) is 38.5 Å². The molecule has 1 heterocycles. The molecule has 0 aliphatic rings. The largest absolute Gasteiger partial charge is 0.345 e. The molecule has 2 rings (SSSR count). The second-order valence-electron chi connectivity index (χ2n) is 4.10. The smallest absolute Gasteiger partial charge is 0.143 e. The molecule has 0 radical (unpaired) electrons. The van der Waals surface area contributed by atoms with Gasteiger partial charge < -0.3 is 4.57 Å². The van der Waals surface area contributed by atoms with Crippen LogP contribution in [-0.4, -0.2) is 4.57 Å². The van der Waals surface area contributed by atoms with E-state index in [9.17, 15) is 4.39 Å². The van der Waals surface area contributed by atoms with Crippen LogP contribution in [0.15, 0.2) is 18.3 Å². The molecule has 80 valence electrons. The van der Waals surface area contributed by atoms with Gasteiger partial charge in [0.05, 0.1) is 10.5 Å². The first-order valence-corrected chi connectivity index (χ1v) is 5.34. The first kappa shape index (κ1) is 10.5. The standard InChI is InChI=1S/C12H13ClFN/c1-7(2)15-6-8(3)9-4-10(13)11(14)5-12(9)15/h4-7H,1-3H3. The fourth-order valence-corrected chi connectivity index (χ4v) is 2.00. The van der Waals surface area contributed by atoms with Crippen molar-refractivity contribution >= 4 is 22.5 Å². The summed E-state index contributed by atoms with van der Waals surface area (Å²) >= 11 is 5.76. The Bertz CT molecular complexity index is 514. The van der Waals surface area contributed by atoms with Gasteiger partial charge in [-0.3, -0.25) is 0 Å². The van der Waals surface area contributed by atoms with Crippen LogP contribution in [-0.2, 0) is 0 Å². The molecule has 1 aromatic carbocycles. The Morgan fingerprint density at radius 1 is 1.33 bits per heavy atom. The number of aryl methyl sites for hydroxylation is 1. The van der Waals surface area contributed by atoms with Crippen LogP contribution in [0.4, 0.5) is 4.39 Å². The Hall–Kier alpha value is -1.02. The van der Waals surface area contributed by atoms with Crippen molar-refractivity contribution in [2.45, 2.75) is 26.8 Å². The molecular formula is C12H13ClFN. The topological polar surface area (TPSA) is 4.93 Å². The summed E-state index contributed by atoms with van der Waals surface area (Å²) in [6, 6.07) is 3.52. The third kappa shape index (κ3) is 1.63. The van der Waals surface area contributed by atoms with Gasteiger partial charge in [0, 0.05) is 17.6 Å². The van der Waals surface area contributed by atoms with E-state index in [0.29, 0.717) is 6.04 Å². The Labute approximate surface area is 93.5 Å². The lowest BCUT2D eigenvalue weighted by Gasteiger charge is -2.09. The zero-order valence-electron chi connectivity index (χ0n) is 9.01. The number of hydrogen-bond donors (Lipinski definition) is 0.